The van der Waals surface area contributed by atoms with E-state index < -0.39 is 5.97 Å². The summed E-state index contributed by atoms with van der Waals surface area (Å²) < 4.78 is 11.2. The molecule has 0 bridgehead atoms. The maximum absolute atomic E-state index is 12.2. The largest absolute Gasteiger partial charge is 0.489 e. The van der Waals surface area contributed by atoms with Crippen molar-refractivity contribution in [1.82, 2.24) is 4.98 Å². The Morgan fingerprint density at radius 3 is 2.91 bits per heavy atom. The van der Waals surface area contributed by atoms with E-state index in [9.17, 15) is 4.79 Å². The maximum Gasteiger partial charge on any atom is 0.356 e. The van der Waals surface area contributed by atoms with Gasteiger partial charge in [-0.1, -0.05) is 24.2 Å². The van der Waals surface area contributed by atoms with Crippen LogP contribution in [0.25, 0.3) is 0 Å². The molecule has 1 aromatic carbocycles. The van der Waals surface area contributed by atoms with E-state index in [2.05, 4.69) is 23.6 Å². The van der Waals surface area contributed by atoms with E-state index in [0.717, 1.165) is 49.6 Å². The van der Waals surface area contributed by atoms with Crippen LogP contribution in [0.15, 0.2) is 42.3 Å². The average Bonchev–Trinajstić information content (AvgIpc) is 2.81. The first-order valence-corrected chi connectivity index (χ1v) is 12.9. The van der Waals surface area contributed by atoms with Crippen molar-refractivity contribution in [3.05, 3.63) is 64.2 Å². The Hall–Kier alpha value is -2.18. The highest BCUT2D eigenvalue weighted by molar-refractivity contribution is 8.02. The van der Waals surface area contributed by atoms with Gasteiger partial charge in [0.25, 0.3) is 0 Å². The number of benzene rings is 1. The molecule has 176 valence electrons. The molecule has 1 aliphatic carbocycles. The molecular weight excluding hydrogens is 456 g/mol. The number of hydrogen-bond donors (Lipinski definition) is 0. The molecule has 4 rings (SSSR count). The molecule has 2 aromatic rings. The molecule has 0 radical (unpaired) electrons. The van der Waals surface area contributed by atoms with Crippen LogP contribution in [0.1, 0.15) is 47.3 Å². The Balaban J connectivity index is 1.62. The lowest BCUT2D eigenvalue weighted by molar-refractivity contribution is 0.0594. The van der Waals surface area contributed by atoms with Crippen LogP contribution >= 0.6 is 23.4 Å². The first-order chi connectivity index (χ1) is 16.1. The number of esters is 1. The topological polar surface area (TPSA) is 51.7 Å². The number of fused-ring (bicyclic) bond motifs is 2. The van der Waals surface area contributed by atoms with E-state index in [1.807, 2.05) is 29.3 Å². The molecule has 0 amide bonds. The Morgan fingerprint density at radius 1 is 1.27 bits per heavy atom. The molecule has 0 saturated heterocycles. The fourth-order valence-electron chi connectivity index (χ4n) is 4.57. The summed E-state index contributed by atoms with van der Waals surface area (Å²) in [5.74, 6) is 1.59. The molecule has 1 fully saturated rings. The highest BCUT2D eigenvalue weighted by atomic mass is 35.5. The summed E-state index contributed by atoms with van der Waals surface area (Å²) in [5.41, 5.74) is 2.89. The second-order valence-corrected chi connectivity index (χ2v) is 10.3. The fourth-order valence-corrected chi connectivity index (χ4v) is 5.73. The lowest BCUT2D eigenvalue weighted by Crippen LogP contribution is -2.41. The molecular formula is C26H31ClN2O3S. The summed E-state index contributed by atoms with van der Waals surface area (Å²) in [5, 5.41) is 3.32. The Morgan fingerprint density at radius 2 is 2.15 bits per heavy atom. The van der Waals surface area contributed by atoms with Crippen molar-refractivity contribution >= 4 is 35.1 Å². The van der Waals surface area contributed by atoms with E-state index in [4.69, 9.17) is 26.1 Å². The smallest absolute Gasteiger partial charge is 0.356 e. The van der Waals surface area contributed by atoms with Gasteiger partial charge in [-0.3, -0.25) is 0 Å². The molecule has 0 spiro atoms. The van der Waals surface area contributed by atoms with Crippen molar-refractivity contribution in [2.75, 3.05) is 31.7 Å². The molecule has 1 aromatic heterocycles. The monoisotopic (exact) mass is 486 g/mol. The minimum atomic E-state index is -0.432. The van der Waals surface area contributed by atoms with Gasteiger partial charge in [-0.15, -0.1) is 11.8 Å². The minimum Gasteiger partial charge on any atom is -0.489 e. The second kappa shape index (κ2) is 11.3. The highest BCUT2D eigenvalue weighted by Crippen LogP contribution is 2.40. The molecule has 7 heteroatoms. The average molecular weight is 487 g/mol. The van der Waals surface area contributed by atoms with Crippen molar-refractivity contribution in [1.29, 1.82) is 0 Å². The lowest BCUT2D eigenvalue weighted by Gasteiger charge is -2.39. The van der Waals surface area contributed by atoms with Gasteiger partial charge in [0.05, 0.1) is 13.7 Å². The molecule has 1 aliphatic heterocycles. The van der Waals surface area contributed by atoms with Crippen LogP contribution in [-0.4, -0.2) is 43.0 Å². The van der Waals surface area contributed by atoms with Crippen molar-refractivity contribution in [2.24, 2.45) is 5.92 Å². The van der Waals surface area contributed by atoms with Gasteiger partial charge in [-0.2, -0.15) is 0 Å². The Labute approximate surface area is 205 Å². The zero-order chi connectivity index (χ0) is 23.2. The molecule has 2 atom stereocenters. The SMILES string of the molecule is C=CS[C@@H]1CC[C@H]1CN1CCCCc2cc(Cl)ccc2CCOc2ccc(C(=O)OC)nc21. The zero-order valence-corrected chi connectivity index (χ0v) is 20.7. The van der Waals surface area contributed by atoms with Gasteiger partial charge in [-0.05, 0) is 78.8 Å². The number of rotatable bonds is 5. The molecule has 0 unspecified atom stereocenters. The minimum absolute atomic E-state index is 0.308. The number of aromatic nitrogens is 1. The van der Waals surface area contributed by atoms with Crippen LogP contribution < -0.4 is 9.64 Å². The zero-order valence-electron chi connectivity index (χ0n) is 19.1. The number of methoxy groups -OCH3 is 1. The van der Waals surface area contributed by atoms with Gasteiger partial charge in [0.1, 0.15) is 0 Å². The van der Waals surface area contributed by atoms with Gasteiger partial charge in [0, 0.05) is 29.8 Å². The van der Waals surface area contributed by atoms with E-state index in [0.29, 0.717) is 29.2 Å². The van der Waals surface area contributed by atoms with Crippen LogP contribution in [-0.2, 0) is 17.6 Å². The third-order valence-corrected chi connectivity index (χ3v) is 7.93. The number of carbonyl (C=O) groups excluding carboxylic acids is 1. The number of aryl methyl sites for hydroxylation is 1. The van der Waals surface area contributed by atoms with E-state index in [1.54, 1.807) is 6.07 Å². The number of pyridine rings is 1. The van der Waals surface area contributed by atoms with Crippen LogP contribution in [0.3, 0.4) is 0 Å². The normalized spacial score (nSPS) is 20.7. The molecule has 1 saturated carbocycles. The third kappa shape index (κ3) is 5.85. The number of carbonyl (C=O) groups is 1. The summed E-state index contributed by atoms with van der Waals surface area (Å²) in [7, 11) is 1.38. The van der Waals surface area contributed by atoms with Gasteiger partial charge in [0.15, 0.2) is 17.3 Å². The summed E-state index contributed by atoms with van der Waals surface area (Å²) in [6.45, 7) is 6.17. The molecule has 2 aliphatic rings. The predicted octanol–water partition coefficient (Wildman–Crippen LogP) is 5.94. The third-order valence-electron chi connectivity index (χ3n) is 6.53. The number of anilines is 1. The van der Waals surface area contributed by atoms with Crippen LogP contribution in [0, 0.1) is 5.92 Å². The first kappa shape index (κ1) is 24.0. The number of halogens is 1. The number of ether oxygens (including phenoxy) is 2. The van der Waals surface area contributed by atoms with Gasteiger partial charge in [-0.25, -0.2) is 9.78 Å². The second-order valence-electron chi connectivity index (χ2n) is 8.60. The highest BCUT2D eigenvalue weighted by Gasteiger charge is 2.33. The van der Waals surface area contributed by atoms with E-state index in [1.165, 1.54) is 31.1 Å². The maximum atomic E-state index is 12.2. The van der Waals surface area contributed by atoms with Crippen LogP contribution in [0.5, 0.6) is 5.75 Å². The summed E-state index contributed by atoms with van der Waals surface area (Å²) in [4.78, 5) is 19.2. The van der Waals surface area contributed by atoms with Gasteiger partial charge in [0.2, 0.25) is 0 Å². The van der Waals surface area contributed by atoms with Crippen molar-refractivity contribution in [3.63, 3.8) is 0 Å². The summed E-state index contributed by atoms with van der Waals surface area (Å²) in [6, 6.07) is 9.67. The quantitative estimate of drug-likeness (QED) is 0.487. The number of hydrogen-bond acceptors (Lipinski definition) is 6. The standard InChI is InChI=1S/C26H31ClN2O3S/c1-3-33-24-12-8-20(24)17-29-14-5-4-6-19-16-21(27)9-7-18(19)13-15-32-23-11-10-22(26(30)31-2)28-25(23)29/h3,7,9-11,16,20,24H,1,4-6,8,12-15,17H2,2H3/t20-,24+/m0/s1. The number of thioether (sulfide) groups is 1. The van der Waals surface area contributed by atoms with E-state index >= 15 is 0 Å². The van der Waals surface area contributed by atoms with Crippen molar-refractivity contribution in [2.45, 2.75) is 43.8 Å². The van der Waals surface area contributed by atoms with Gasteiger partial charge >= 0.3 is 5.97 Å². The Kier molecular flexibility index (Phi) is 8.20. The van der Waals surface area contributed by atoms with Crippen LogP contribution in [0.4, 0.5) is 5.82 Å². The first-order valence-electron chi connectivity index (χ1n) is 11.6. The van der Waals surface area contributed by atoms with Crippen molar-refractivity contribution < 1.29 is 14.3 Å². The fraction of sp³-hybridized carbons (Fsp3) is 0.462. The predicted molar refractivity (Wildman–Crippen MR) is 136 cm³/mol. The Bertz CT molecular complexity index is 999. The molecule has 5 nitrogen and oxygen atoms in total. The summed E-state index contributed by atoms with van der Waals surface area (Å²) in [6.07, 6.45) is 6.27. The van der Waals surface area contributed by atoms with E-state index in [-0.39, 0.29) is 0 Å². The van der Waals surface area contributed by atoms with Crippen LogP contribution in [0.2, 0.25) is 5.02 Å². The lowest BCUT2D eigenvalue weighted by atomic mass is 9.84. The molecule has 2 heterocycles. The summed E-state index contributed by atoms with van der Waals surface area (Å²) >= 11 is 8.09. The van der Waals surface area contributed by atoms with Gasteiger partial charge < -0.3 is 14.4 Å². The molecule has 0 N–H and O–H groups in total. The van der Waals surface area contributed by atoms with Crippen molar-refractivity contribution in [3.8, 4) is 5.75 Å². The molecule has 33 heavy (non-hydrogen) atoms. The number of nitrogens with zero attached hydrogens (tertiary/aromatic N) is 2.